The molecule has 1 saturated heterocycles. The highest BCUT2D eigenvalue weighted by Crippen LogP contribution is 2.35. The normalized spacial score (nSPS) is 17.2. The first-order valence-electron chi connectivity index (χ1n) is 13.4. The lowest BCUT2D eigenvalue weighted by Crippen LogP contribution is -2.38. The average molecular weight is 506 g/mol. The molecule has 0 saturated carbocycles. The van der Waals surface area contributed by atoms with Crippen molar-refractivity contribution in [2.45, 2.75) is 67.2 Å². The fraction of sp³-hybridized carbons (Fsp3) is 0.467. The number of H-pyrrole nitrogens is 1. The molecule has 0 radical (unpaired) electrons. The molecular formula is C30H47N7. The van der Waals surface area contributed by atoms with E-state index in [0.29, 0.717) is 5.92 Å². The Balaban J connectivity index is 0.00000235. The second-order valence-electron chi connectivity index (χ2n) is 9.36. The van der Waals surface area contributed by atoms with E-state index in [1.165, 1.54) is 44.4 Å². The standard InChI is InChI=1S/C28H41N7.C2H6/c1-7-25(19(3)18(2)21(5)32-17-31-6)28-20(4)26-14-23(8-9-27(26)33-28)22-10-12-35(13-11-22)16-24(15-29)34-30;1-2/h7-9,14-15,17,22,33-34H,10-13,16,29-30H2,1-6H3;1-2H3/b19-18-,24-15-,25-7+,31-17?,32-21?;. The van der Waals surface area contributed by atoms with Gasteiger partial charge in [-0.25, -0.2) is 4.99 Å². The Bertz CT molecular complexity index is 1190. The van der Waals surface area contributed by atoms with Crippen molar-refractivity contribution >= 4 is 28.5 Å². The second kappa shape index (κ2) is 14.5. The van der Waals surface area contributed by atoms with Gasteiger partial charge in [0.25, 0.3) is 0 Å². The molecule has 2 heterocycles. The number of aryl methyl sites for hydroxylation is 1. The third-order valence-electron chi connectivity index (χ3n) is 7.36. The Kier molecular flexibility index (Phi) is 11.8. The molecule has 1 aliphatic heterocycles. The van der Waals surface area contributed by atoms with Crippen LogP contribution in [0.4, 0.5) is 0 Å². The number of hydrogen-bond acceptors (Lipinski definition) is 5. The molecule has 1 aromatic carbocycles. The van der Waals surface area contributed by atoms with Gasteiger partial charge in [0.2, 0.25) is 0 Å². The minimum absolute atomic E-state index is 0.564. The molecule has 1 aromatic heterocycles. The van der Waals surface area contributed by atoms with Gasteiger partial charge in [-0.15, -0.1) is 0 Å². The Morgan fingerprint density at radius 2 is 1.84 bits per heavy atom. The molecule has 37 heavy (non-hydrogen) atoms. The number of fused-ring (bicyclic) bond motifs is 1. The number of allylic oxidation sites excluding steroid dienone is 4. The van der Waals surface area contributed by atoms with Crippen LogP contribution in [0.25, 0.3) is 16.5 Å². The fourth-order valence-corrected chi connectivity index (χ4v) is 4.94. The van der Waals surface area contributed by atoms with Gasteiger partial charge in [0.15, 0.2) is 0 Å². The molecule has 6 N–H and O–H groups in total. The van der Waals surface area contributed by atoms with Gasteiger partial charge in [-0.3, -0.25) is 15.7 Å². The number of aromatic amines is 1. The summed E-state index contributed by atoms with van der Waals surface area (Å²) in [6.45, 7) is 17.5. The van der Waals surface area contributed by atoms with Crippen LogP contribution in [0.3, 0.4) is 0 Å². The molecule has 1 fully saturated rings. The van der Waals surface area contributed by atoms with E-state index in [4.69, 9.17) is 11.6 Å². The second-order valence-corrected chi connectivity index (χ2v) is 9.36. The predicted octanol–water partition coefficient (Wildman–Crippen LogP) is 5.80. The lowest BCUT2D eigenvalue weighted by Gasteiger charge is -2.32. The van der Waals surface area contributed by atoms with Gasteiger partial charge in [0.05, 0.1) is 5.70 Å². The number of hydrogen-bond donors (Lipinski definition) is 4. The lowest BCUT2D eigenvalue weighted by atomic mass is 9.88. The van der Waals surface area contributed by atoms with Gasteiger partial charge in [-0.05, 0) is 106 Å². The van der Waals surface area contributed by atoms with Crippen LogP contribution in [0.2, 0.25) is 0 Å². The Hall–Kier alpha value is -3.16. The Morgan fingerprint density at radius 3 is 2.41 bits per heavy atom. The molecule has 0 spiro atoms. The van der Waals surface area contributed by atoms with Crippen molar-refractivity contribution in [1.29, 1.82) is 0 Å². The number of nitrogens with two attached hydrogens (primary N) is 2. The molecule has 3 rings (SSSR count). The first-order valence-corrected chi connectivity index (χ1v) is 13.4. The van der Waals surface area contributed by atoms with Crippen molar-refractivity contribution in [3.63, 3.8) is 0 Å². The quantitative estimate of drug-likeness (QED) is 0.119. The number of nitrogens with zero attached hydrogens (tertiary/aromatic N) is 3. The zero-order chi connectivity index (χ0) is 27.5. The number of nitrogens with one attached hydrogen (secondary N) is 2. The van der Waals surface area contributed by atoms with Crippen LogP contribution in [0, 0.1) is 6.92 Å². The molecule has 7 nitrogen and oxygen atoms in total. The summed E-state index contributed by atoms with van der Waals surface area (Å²) in [5.74, 6) is 6.11. The van der Waals surface area contributed by atoms with Crippen LogP contribution < -0.4 is 17.0 Å². The zero-order valence-corrected chi connectivity index (χ0v) is 24.1. The molecule has 202 valence electrons. The van der Waals surface area contributed by atoms with E-state index in [-0.39, 0.29) is 0 Å². The van der Waals surface area contributed by atoms with Crippen LogP contribution >= 0.6 is 0 Å². The largest absolute Gasteiger partial charge is 0.403 e. The van der Waals surface area contributed by atoms with E-state index >= 15 is 0 Å². The third kappa shape index (κ3) is 7.21. The van der Waals surface area contributed by atoms with Crippen LogP contribution in [0.1, 0.15) is 77.1 Å². The number of rotatable bonds is 8. The SMILES string of the molecule is C/C=C(\C(C)=C(\C)C(C)=NC=NC)c1[nH]c2ccc(C3CCN(C/C(=C/N)NN)CC3)cc2c1C.CC. The van der Waals surface area contributed by atoms with E-state index in [9.17, 15) is 0 Å². The highest BCUT2D eigenvalue weighted by atomic mass is 15.3. The molecule has 2 aromatic rings. The minimum Gasteiger partial charge on any atom is -0.403 e. The van der Waals surface area contributed by atoms with Gasteiger partial charge < -0.3 is 16.1 Å². The average Bonchev–Trinajstić information content (AvgIpc) is 3.26. The van der Waals surface area contributed by atoms with Crippen molar-refractivity contribution < 1.29 is 0 Å². The monoisotopic (exact) mass is 505 g/mol. The summed E-state index contributed by atoms with van der Waals surface area (Å²) >= 11 is 0. The molecule has 7 heteroatoms. The van der Waals surface area contributed by atoms with Crippen LogP contribution in [0.15, 0.2) is 57.3 Å². The Morgan fingerprint density at radius 1 is 1.16 bits per heavy atom. The summed E-state index contributed by atoms with van der Waals surface area (Å²) in [5.41, 5.74) is 18.8. The van der Waals surface area contributed by atoms with Gasteiger partial charge >= 0.3 is 0 Å². The summed E-state index contributed by atoms with van der Waals surface area (Å²) in [5, 5.41) is 1.30. The lowest BCUT2D eigenvalue weighted by molar-refractivity contribution is 0.225. The van der Waals surface area contributed by atoms with Crippen molar-refractivity contribution in [2.75, 3.05) is 26.7 Å². The fourth-order valence-electron chi connectivity index (χ4n) is 4.94. The van der Waals surface area contributed by atoms with Crippen LogP contribution in [-0.4, -0.2) is 48.6 Å². The van der Waals surface area contributed by atoms with Crippen LogP contribution in [-0.2, 0) is 0 Å². The van der Waals surface area contributed by atoms with Gasteiger partial charge in [0.1, 0.15) is 6.34 Å². The summed E-state index contributed by atoms with van der Waals surface area (Å²) in [6, 6.07) is 6.92. The third-order valence-corrected chi connectivity index (χ3v) is 7.36. The molecule has 0 atom stereocenters. The van der Waals surface area contributed by atoms with E-state index in [1.807, 2.05) is 20.8 Å². The van der Waals surface area contributed by atoms with Gasteiger partial charge in [0, 0.05) is 42.1 Å². The van der Waals surface area contributed by atoms with Gasteiger partial charge in [-0.1, -0.05) is 26.0 Å². The molecule has 1 aliphatic rings. The maximum Gasteiger partial charge on any atom is 0.109 e. The first kappa shape index (κ1) is 30.1. The van der Waals surface area contributed by atoms with Crippen molar-refractivity contribution in [3.05, 3.63) is 64.1 Å². The minimum atomic E-state index is 0.564. The number of benzene rings is 1. The zero-order valence-electron chi connectivity index (χ0n) is 24.1. The van der Waals surface area contributed by atoms with E-state index in [1.54, 1.807) is 19.6 Å². The van der Waals surface area contributed by atoms with E-state index in [2.05, 4.69) is 77.3 Å². The molecular weight excluding hydrogens is 458 g/mol. The van der Waals surface area contributed by atoms with Crippen molar-refractivity contribution in [2.24, 2.45) is 21.6 Å². The number of aliphatic imine (C=N–C) groups is 2. The van der Waals surface area contributed by atoms with Crippen LogP contribution in [0.5, 0.6) is 0 Å². The first-order chi connectivity index (χ1) is 17.8. The summed E-state index contributed by atoms with van der Waals surface area (Å²) in [4.78, 5) is 14.5. The number of aromatic nitrogens is 1. The number of likely N-dealkylation sites (tertiary alicyclic amines) is 1. The summed E-state index contributed by atoms with van der Waals surface area (Å²) < 4.78 is 0. The molecule has 0 bridgehead atoms. The topological polar surface area (TPSA) is 108 Å². The molecule has 0 aliphatic carbocycles. The Labute approximate surface area is 223 Å². The van der Waals surface area contributed by atoms with Crippen molar-refractivity contribution in [1.82, 2.24) is 15.3 Å². The number of hydrazine groups is 1. The highest BCUT2D eigenvalue weighted by molar-refractivity contribution is 6.05. The maximum atomic E-state index is 5.64. The molecule has 0 unspecified atom stereocenters. The summed E-state index contributed by atoms with van der Waals surface area (Å²) in [6.07, 6.45) is 7.60. The van der Waals surface area contributed by atoms with Crippen molar-refractivity contribution in [3.8, 4) is 0 Å². The number of piperidine rings is 1. The smallest absolute Gasteiger partial charge is 0.109 e. The van der Waals surface area contributed by atoms with Gasteiger partial charge in [-0.2, -0.15) is 0 Å². The summed E-state index contributed by atoms with van der Waals surface area (Å²) in [7, 11) is 1.74. The highest BCUT2D eigenvalue weighted by Gasteiger charge is 2.22. The molecule has 0 amide bonds. The predicted molar refractivity (Wildman–Crippen MR) is 162 cm³/mol. The van der Waals surface area contributed by atoms with E-state index in [0.717, 1.165) is 43.9 Å². The maximum absolute atomic E-state index is 5.64. The van der Waals surface area contributed by atoms with E-state index < -0.39 is 0 Å².